The van der Waals surface area contributed by atoms with Gasteiger partial charge in [0.2, 0.25) is 0 Å². The van der Waals surface area contributed by atoms with Crippen LogP contribution in [-0.2, 0) is 0 Å². The van der Waals surface area contributed by atoms with Crippen molar-refractivity contribution in [3.05, 3.63) is 52.2 Å². The van der Waals surface area contributed by atoms with Crippen molar-refractivity contribution in [2.75, 3.05) is 0 Å². The number of nitrogens with one attached hydrogen (secondary N) is 1. The molecule has 1 fully saturated rings. The number of aromatic amines is 1. The van der Waals surface area contributed by atoms with E-state index in [1.165, 1.54) is 10.8 Å². The zero-order chi connectivity index (χ0) is 16.1. The van der Waals surface area contributed by atoms with E-state index in [0.29, 0.717) is 5.82 Å². The second-order valence-corrected chi connectivity index (χ2v) is 5.67. The summed E-state index contributed by atoms with van der Waals surface area (Å²) in [6, 6.07) is 2.89. The van der Waals surface area contributed by atoms with Gasteiger partial charge in [-0.2, -0.15) is 5.10 Å². The minimum Gasteiger partial charge on any atom is -0.321 e. The lowest BCUT2D eigenvalue weighted by molar-refractivity contribution is 0.563. The van der Waals surface area contributed by atoms with Crippen molar-refractivity contribution in [2.45, 2.75) is 18.9 Å². The highest BCUT2D eigenvalue weighted by Crippen LogP contribution is 2.39. The van der Waals surface area contributed by atoms with Crippen LogP contribution in [0.3, 0.4) is 0 Å². The Labute approximate surface area is 129 Å². The average molecular weight is 317 g/mol. The molecule has 1 unspecified atom stereocenters. The largest absolute Gasteiger partial charge is 0.321 e. The molecule has 1 aliphatic rings. The predicted molar refractivity (Wildman–Crippen MR) is 79.1 cm³/mol. The highest BCUT2D eigenvalue weighted by molar-refractivity contribution is 5.79. The smallest absolute Gasteiger partial charge is 0.270 e. The minimum atomic E-state index is -0.821. The quantitative estimate of drug-likeness (QED) is 0.771. The second-order valence-electron chi connectivity index (χ2n) is 5.67. The molecule has 1 aliphatic carbocycles. The van der Waals surface area contributed by atoms with Crippen LogP contribution in [0, 0.1) is 17.6 Å². The van der Waals surface area contributed by atoms with E-state index in [2.05, 4.69) is 15.2 Å². The lowest BCUT2D eigenvalue weighted by Gasteiger charge is -2.17. The SMILES string of the molecule is NC(c1nc2c(F)ccc(F)c2c(=O)n1-c1ccn[nH]1)C1CC1. The van der Waals surface area contributed by atoms with E-state index in [1.807, 2.05) is 0 Å². The summed E-state index contributed by atoms with van der Waals surface area (Å²) < 4.78 is 29.3. The standard InChI is InChI=1S/C15H13F2N5O/c16-8-3-4-9(17)13-11(8)15(23)22(10-5-6-19-21-10)14(20-13)12(18)7-1-2-7/h3-7,12H,1-2,18H2,(H,19,21). The second kappa shape index (κ2) is 4.95. The van der Waals surface area contributed by atoms with Crippen molar-refractivity contribution in [3.63, 3.8) is 0 Å². The average Bonchev–Trinajstić information content (AvgIpc) is 3.25. The van der Waals surface area contributed by atoms with Gasteiger partial charge in [0.1, 0.15) is 34.2 Å². The van der Waals surface area contributed by atoms with E-state index in [4.69, 9.17) is 5.73 Å². The maximum absolute atomic E-state index is 14.1. The van der Waals surface area contributed by atoms with E-state index >= 15 is 0 Å². The Morgan fingerprint density at radius 3 is 2.65 bits per heavy atom. The first-order valence-electron chi connectivity index (χ1n) is 7.24. The first-order valence-corrected chi connectivity index (χ1v) is 7.24. The fraction of sp³-hybridized carbons (Fsp3) is 0.267. The zero-order valence-electron chi connectivity index (χ0n) is 12.0. The molecule has 8 heteroatoms. The van der Waals surface area contributed by atoms with Crippen LogP contribution in [0.1, 0.15) is 24.7 Å². The summed E-state index contributed by atoms with van der Waals surface area (Å²) >= 11 is 0. The first-order chi connectivity index (χ1) is 11.1. The van der Waals surface area contributed by atoms with Crippen molar-refractivity contribution in [1.29, 1.82) is 0 Å². The Balaban J connectivity index is 2.11. The highest BCUT2D eigenvalue weighted by atomic mass is 19.1. The maximum Gasteiger partial charge on any atom is 0.270 e. The number of fused-ring (bicyclic) bond motifs is 1. The number of H-pyrrole nitrogens is 1. The van der Waals surface area contributed by atoms with Gasteiger partial charge in [0.25, 0.3) is 5.56 Å². The van der Waals surface area contributed by atoms with Crippen LogP contribution in [0.25, 0.3) is 16.7 Å². The Bertz CT molecular complexity index is 947. The van der Waals surface area contributed by atoms with Crippen LogP contribution in [0.5, 0.6) is 0 Å². The van der Waals surface area contributed by atoms with E-state index < -0.39 is 28.6 Å². The first kappa shape index (κ1) is 14.0. The fourth-order valence-electron chi connectivity index (χ4n) is 2.73. The van der Waals surface area contributed by atoms with Gasteiger partial charge in [-0.05, 0) is 30.9 Å². The third-order valence-corrected chi connectivity index (χ3v) is 4.11. The van der Waals surface area contributed by atoms with Crippen LogP contribution in [0.15, 0.2) is 29.2 Å². The zero-order valence-corrected chi connectivity index (χ0v) is 12.0. The lowest BCUT2D eigenvalue weighted by atomic mass is 10.1. The van der Waals surface area contributed by atoms with Crippen LogP contribution in [0.4, 0.5) is 8.78 Å². The van der Waals surface area contributed by atoms with Crippen LogP contribution >= 0.6 is 0 Å². The van der Waals surface area contributed by atoms with Crippen molar-refractivity contribution in [1.82, 2.24) is 19.7 Å². The molecule has 0 saturated heterocycles. The van der Waals surface area contributed by atoms with Crippen LogP contribution < -0.4 is 11.3 Å². The van der Waals surface area contributed by atoms with Crippen molar-refractivity contribution in [2.24, 2.45) is 11.7 Å². The third-order valence-electron chi connectivity index (χ3n) is 4.11. The highest BCUT2D eigenvalue weighted by Gasteiger charge is 2.34. The molecular formula is C15H13F2N5O. The summed E-state index contributed by atoms with van der Waals surface area (Å²) in [5, 5.41) is 6.05. The molecule has 0 bridgehead atoms. The minimum absolute atomic E-state index is 0.185. The van der Waals surface area contributed by atoms with E-state index in [-0.39, 0.29) is 17.3 Å². The summed E-state index contributed by atoms with van der Waals surface area (Å²) in [7, 11) is 0. The number of halogens is 2. The number of nitrogens with two attached hydrogens (primary N) is 1. The van der Waals surface area contributed by atoms with Gasteiger partial charge in [0, 0.05) is 6.07 Å². The molecular weight excluding hydrogens is 304 g/mol. The monoisotopic (exact) mass is 317 g/mol. The molecule has 2 heterocycles. The Morgan fingerprint density at radius 2 is 2.00 bits per heavy atom. The van der Waals surface area contributed by atoms with Gasteiger partial charge in [0.05, 0.1) is 12.2 Å². The topological polar surface area (TPSA) is 89.6 Å². The number of rotatable bonds is 3. The molecule has 0 aliphatic heterocycles. The third kappa shape index (κ3) is 2.14. The Morgan fingerprint density at radius 1 is 1.26 bits per heavy atom. The van der Waals surface area contributed by atoms with Crippen molar-refractivity contribution in [3.8, 4) is 5.82 Å². The van der Waals surface area contributed by atoms with Crippen molar-refractivity contribution < 1.29 is 8.78 Å². The molecule has 3 aromatic rings. The summed E-state index contributed by atoms with van der Waals surface area (Å²) in [4.78, 5) is 17.0. The molecule has 0 amide bonds. The van der Waals surface area contributed by atoms with Gasteiger partial charge in [-0.3, -0.25) is 9.89 Å². The maximum atomic E-state index is 14.1. The Kier molecular flexibility index (Phi) is 3.02. The van der Waals surface area contributed by atoms with Gasteiger partial charge in [-0.1, -0.05) is 0 Å². The fourth-order valence-corrected chi connectivity index (χ4v) is 2.73. The number of hydrogen-bond acceptors (Lipinski definition) is 4. The molecule has 1 saturated carbocycles. The number of hydrogen-bond donors (Lipinski definition) is 2. The molecule has 118 valence electrons. The van der Waals surface area contributed by atoms with Gasteiger partial charge in [-0.25, -0.2) is 18.3 Å². The molecule has 1 atom stereocenters. The molecule has 23 heavy (non-hydrogen) atoms. The molecule has 2 aromatic heterocycles. The summed E-state index contributed by atoms with van der Waals surface area (Å²) in [6.45, 7) is 0. The number of benzene rings is 1. The van der Waals surface area contributed by atoms with Gasteiger partial charge in [-0.15, -0.1) is 0 Å². The molecule has 3 N–H and O–H groups in total. The molecule has 4 rings (SSSR count). The normalized spacial score (nSPS) is 16.0. The molecule has 6 nitrogen and oxygen atoms in total. The predicted octanol–water partition coefficient (Wildman–Crippen LogP) is 1.80. The van der Waals surface area contributed by atoms with E-state index in [0.717, 1.165) is 25.0 Å². The van der Waals surface area contributed by atoms with E-state index in [9.17, 15) is 13.6 Å². The lowest BCUT2D eigenvalue weighted by Crippen LogP contribution is -2.30. The van der Waals surface area contributed by atoms with E-state index in [1.54, 1.807) is 6.07 Å². The number of aromatic nitrogens is 4. The van der Waals surface area contributed by atoms with Gasteiger partial charge in [0.15, 0.2) is 0 Å². The van der Waals surface area contributed by atoms with Gasteiger partial charge >= 0.3 is 0 Å². The van der Waals surface area contributed by atoms with Crippen LogP contribution in [0.2, 0.25) is 0 Å². The summed E-state index contributed by atoms with van der Waals surface area (Å²) in [5.41, 5.74) is 5.18. The molecule has 0 spiro atoms. The summed E-state index contributed by atoms with van der Waals surface area (Å²) in [6.07, 6.45) is 3.30. The number of nitrogens with zero attached hydrogens (tertiary/aromatic N) is 3. The van der Waals surface area contributed by atoms with Crippen molar-refractivity contribution >= 4 is 10.9 Å². The Hall–Kier alpha value is -2.61. The molecule has 1 aromatic carbocycles. The summed E-state index contributed by atoms with van der Waals surface area (Å²) in [5.74, 6) is -0.860. The molecule has 0 radical (unpaired) electrons. The van der Waals surface area contributed by atoms with Gasteiger partial charge < -0.3 is 5.73 Å². The van der Waals surface area contributed by atoms with Crippen LogP contribution in [-0.4, -0.2) is 19.7 Å².